The highest BCUT2D eigenvalue weighted by molar-refractivity contribution is 7.98. The second kappa shape index (κ2) is 5.65. The molecule has 18 heavy (non-hydrogen) atoms. The Morgan fingerprint density at radius 2 is 2.06 bits per heavy atom. The molecule has 100 valence electrons. The van der Waals surface area contributed by atoms with Crippen LogP contribution in [0.25, 0.3) is 0 Å². The molecule has 0 atom stereocenters. The number of benzene rings is 1. The van der Waals surface area contributed by atoms with Crippen LogP contribution in [-0.4, -0.2) is 29.9 Å². The molecule has 0 spiro atoms. The molecule has 0 amide bonds. The van der Waals surface area contributed by atoms with Crippen LogP contribution in [0, 0.1) is 0 Å². The lowest BCUT2D eigenvalue weighted by molar-refractivity contribution is 0.0693. The molecule has 1 aromatic rings. The lowest BCUT2D eigenvalue weighted by Crippen LogP contribution is -2.41. The van der Waals surface area contributed by atoms with E-state index >= 15 is 0 Å². The Morgan fingerprint density at radius 3 is 2.50 bits per heavy atom. The van der Waals surface area contributed by atoms with Gasteiger partial charge in [0, 0.05) is 17.5 Å². The quantitative estimate of drug-likeness (QED) is 0.825. The van der Waals surface area contributed by atoms with Crippen molar-refractivity contribution in [1.29, 1.82) is 0 Å². The summed E-state index contributed by atoms with van der Waals surface area (Å²) in [6, 6.07) is 5.64. The molecule has 0 radical (unpaired) electrons. The van der Waals surface area contributed by atoms with E-state index < -0.39 is 5.97 Å². The summed E-state index contributed by atoms with van der Waals surface area (Å²) in [7, 11) is 1.95. The van der Waals surface area contributed by atoms with Crippen LogP contribution in [0.5, 0.6) is 0 Å². The molecule has 0 aliphatic heterocycles. The second-order valence-electron chi connectivity index (χ2n) is 4.88. The first-order valence-electron chi connectivity index (χ1n) is 5.99. The highest BCUT2D eigenvalue weighted by Gasteiger charge is 2.26. The van der Waals surface area contributed by atoms with E-state index in [9.17, 15) is 9.90 Å². The van der Waals surface area contributed by atoms with Crippen molar-refractivity contribution >= 4 is 23.4 Å². The van der Waals surface area contributed by atoms with Gasteiger partial charge in [-0.15, -0.1) is 11.8 Å². The lowest BCUT2D eigenvalue weighted by Gasteiger charge is -2.37. The summed E-state index contributed by atoms with van der Waals surface area (Å²) in [6.45, 7) is 6.34. The minimum Gasteiger partial charge on any atom is -0.478 e. The molecule has 0 unspecified atom stereocenters. The van der Waals surface area contributed by atoms with Crippen LogP contribution < -0.4 is 4.90 Å². The van der Waals surface area contributed by atoms with Gasteiger partial charge in [0.2, 0.25) is 0 Å². The zero-order valence-corrected chi connectivity index (χ0v) is 12.5. The molecule has 3 nitrogen and oxygen atoms in total. The average Bonchev–Trinajstić information content (AvgIpc) is 2.36. The molecule has 4 heteroatoms. The maximum atomic E-state index is 11.5. The number of thioether (sulfide) groups is 1. The maximum Gasteiger partial charge on any atom is 0.338 e. The van der Waals surface area contributed by atoms with Gasteiger partial charge in [0.15, 0.2) is 0 Å². The maximum absolute atomic E-state index is 11.5. The monoisotopic (exact) mass is 267 g/mol. The van der Waals surface area contributed by atoms with E-state index in [0.29, 0.717) is 5.56 Å². The smallest absolute Gasteiger partial charge is 0.338 e. The molecule has 1 aromatic carbocycles. The number of aromatic carboxylic acids is 1. The SMILES string of the molecule is CCC(C)(C)N(C)c1cccc(SC)c1C(=O)O. The van der Waals surface area contributed by atoms with Crippen LogP contribution in [0.15, 0.2) is 23.1 Å². The van der Waals surface area contributed by atoms with E-state index in [4.69, 9.17) is 0 Å². The highest BCUT2D eigenvalue weighted by atomic mass is 32.2. The Morgan fingerprint density at radius 1 is 1.44 bits per heavy atom. The molecule has 0 aromatic heterocycles. The highest BCUT2D eigenvalue weighted by Crippen LogP contribution is 2.33. The summed E-state index contributed by atoms with van der Waals surface area (Å²) in [4.78, 5) is 14.3. The van der Waals surface area contributed by atoms with E-state index in [-0.39, 0.29) is 5.54 Å². The van der Waals surface area contributed by atoms with Gasteiger partial charge >= 0.3 is 5.97 Å². The average molecular weight is 267 g/mol. The fraction of sp³-hybridized carbons (Fsp3) is 0.500. The van der Waals surface area contributed by atoms with Gasteiger partial charge in [0.1, 0.15) is 0 Å². The zero-order valence-electron chi connectivity index (χ0n) is 11.7. The van der Waals surface area contributed by atoms with Gasteiger partial charge in [0.25, 0.3) is 0 Å². The van der Waals surface area contributed by atoms with E-state index in [1.54, 1.807) is 0 Å². The van der Waals surface area contributed by atoms with Crippen molar-refractivity contribution in [2.45, 2.75) is 37.6 Å². The second-order valence-corrected chi connectivity index (χ2v) is 5.73. The van der Waals surface area contributed by atoms with Crippen molar-refractivity contribution in [2.75, 3.05) is 18.2 Å². The molecule has 0 fully saturated rings. The summed E-state index contributed by atoms with van der Waals surface area (Å²) in [5.41, 5.74) is 1.11. The van der Waals surface area contributed by atoms with Gasteiger partial charge in [-0.2, -0.15) is 0 Å². The molecule has 0 aliphatic carbocycles. The Kier molecular flexibility index (Phi) is 4.68. The van der Waals surface area contributed by atoms with Crippen molar-refractivity contribution in [2.24, 2.45) is 0 Å². The van der Waals surface area contributed by atoms with Crippen LogP contribution >= 0.6 is 11.8 Å². The largest absolute Gasteiger partial charge is 0.478 e. The Balaban J connectivity index is 3.36. The Hall–Kier alpha value is -1.16. The minimum absolute atomic E-state index is 0.0682. The lowest BCUT2D eigenvalue weighted by atomic mass is 9.98. The third-order valence-electron chi connectivity index (χ3n) is 3.57. The molecule has 1 rings (SSSR count). The number of carboxylic acid groups (broad SMARTS) is 1. The minimum atomic E-state index is -0.867. The van der Waals surface area contributed by atoms with E-state index in [1.807, 2.05) is 31.5 Å². The third-order valence-corrected chi connectivity index (χ3v) is 4.35. The molecule has 1 N–H and O–H groups in total. The summed E-state index contributed by atoms with van der Waals surface area (Å²) >= 11 is 1.47. The van der Waals surface area contributed by atoms with Crippen molar-refractivity contribution < 1.29 is 9.90 Å². The van der Waals surface area contributed by atoms with Crippen LogP contribution in [0.1, 0.15) is 37.6 Å². The molecule has 0 saturated heterocycles. The number of hydrogen-bond acceptors (Lipinski definition) is 3. The Labute approximate surface area is 113 Å². The molecule has 0 heterocycles. The normalized spacial score (nSPS) is 11.4. The van der Waals surface area contributed by atoms with Gasteiger partial charge in [-0.3, -0.25) is 0 Å². The van der Waals surface area contributed by atoms with E-state index in [1.165, 1.54) is 11.8 Å². The first-order valence-corrected chi connectivity index (χ1v) is 7.21. The topological polar surface area (TPSA) is 40.5 Å². The standard InChI is InChI=1S/C14H21NO2S/c1-6-14(2,3)15(4)10-8-7-9-11(18-5)12(10)13(16)17/h7-9H,6H2,1-5H3,(H,16,17). The van der Waals surface area contributed by atoms with Gasteiger partial charge in [-0.25, -0.2) is 4.79 Å². The van der Waals surface area contributed by atoms with Crippen molar-refractivity contribution in [1.82, 2.24) is 0 Å². The van der Waals surface area contributed by atoms with Gasteiger partial charge < -0.3 is 10.0 Å². The fourth-order valence-corrected chi connectivity index (χ4v) is 2.36. The molecule has 0 aliphatic rings. The zero-order chi connectivity index (χ0) is 13.9. The summed E-state index contributed by atoms with van der Waals surface area (Å²) in [5, 5.41) is 9.42. The first kappa shape index (κ1) is 14.9. The predicted molar refractivity (Wildman–Crippen MR) is 78.0 cm³/mol. The van der Waals surface area contributed by atoms with Crippen molar-refractivity contribution in [3.05, 3.63) is 23.8 Å². The summed E-state index contributed by atoms with van der Waals surface area (Å²) in [5.74, 6) is -0.867. The van der Waals surface area contributed by atoms with Crippen LogP contribution in [0.2, 0.25) is 0 Å². The van der Waals surface area contributed by atoms with Gasteiger partial charge in [-0.05, 0) is 38.7 Å². The number of nitrogens with zero attached hydrogens (tertiary/aromatic N) is 1. The van der Waals surface area contributed by atoms with Crippen LogP contribution in [0.3, 0.4) is 0 Å². The van der Waals surface area contributed by atoms with Gasteiger partial charge in [-0.1, -0.05) is 13.0 Å². The van der Waals surface area contributed by atoms with E-state index in [0.717, 1.165) is 17.0 Å². The summed E-state index contributed by atoms with van der Waals surface area (Å²) < 4.78 is 0. The predicted octanol–water partition coefficient (Wildman–Crippen LogP) is 3.73. The van der Waals surface area contributed by atoms with E-state index in [2.05, 4.69) is 25.7 Å². The Bertz CT molecular complexity index is 443. The first-order chi connectivity index (χ1) is 8.35. The fourth-order valence-electron chi connectivity index (χ4n) is 1.75. The van der Waals surface area contributed by atoms with Crippen LogP contribution in [-0.2, 0) is 0 Å². The number of anilines is 1. The molecule has 0 saturated carbocycles. The number of carbonyl (C=O) groups is 1. The third kappa shape index (κ3) is 2.80. The van der Waals surface area contributed by atoms with Crippen LogP contribution in [0.4, 0.5) is 5.69 Å². The molecular formula is C14H21NO2S. The number of carboxylic acids is 1. The number of rotatable bonds is 5. The van der Waals surface area contributed by atoms with Crippen molar-refractivity contribution in [3.63, 3.8) is 0 Å². The molecule has 0 bridgehead atoms. The molecular weight excluding hydrogens is 246 g/mol. The summed E-state index contributed by atoms with van der Waals surface area (Å²) in [6.07, 6.45) is 2.85. The number of hydrogen-bond donors (Lipinski definition) is 1. The van der Waals surface area contributed by atoms with Crippen molar-refractivity contribution in [3.8, 4) is 0 Å². The van der Waals surface area contributed by atoms with Gasteiger partial charge in [0.05, 0.1) is 11.3 Å².